The molecule has 1 aliphatic rings. The van der Waals surface area contributed by atoms with Crippen LogP contribution in [0.15, 0.2) is 59.6 Å². The maximum Gasteiger partial charge on any atom is 0.323 e. The number of nitrogens with zero attached hydrogens (tertiary/aromatic N) is 3. The Hall–Kier alpha value is -3.01. The molecule has 1 N–H and O–H groups in total. The minimum Gasteiger partial charge on any atom is -0.480 e. The summed E-state index contributed by atoms with van der Waals surface area (Å²) in [7, 11) is 0. The normalized spacial score (nSPS) is 15.2. The van der Waals surface area contributed by atoms with Gasteiger partial charge in [-0.25, -0.2) is 9.07 Å². The summed E-state index contributed by atoms with van der Waals surface area (Å²) in [6.07, 6.45) is 3.32. The van der Waals surface area contributed by atoms with Crippen LogP contribution in [0.1, 0.15) is 5.56 Å². The Morgan fingerprint density at radius 3 is 2.68 bits per heavy atom. The average molecular weight is 474 g/mol. The molecule has 0 spiro atoms. The molecular formula is C21H13ClFN3O3S2. The molecule has 1 amide bonds. The van der Waals surface area contributed by atoms with E-state index in [-0.39, 0.29) is 15.0 Å². The predicted octanol–water partition coefficient (Wildman–Crippen LogP) is 4.62. The van der Waals surface area contributed by atoms with E-state index in [0.717, 1.165) is 22.2 Å². The van der Waals surface area contributed by atoms with Crippen molar-refractivity contribution in [3.05, 3.63) is 76.0 Å². The number of halogens is 2. The van der Waals surface area contributed by atoms with Gasteiger partial charge in [0.2, 0.25) is 0 Å². The molecular weight excluding hydrogens is 461 g/mol. The highest BCUT2D eigenvalue weighted by Crippen LogP contribution is 2.35. The second kappa shape index (κ2) is 8.62. The number of carboxylic acids is 1. The van der Waals surface area contributed by atoms with E-state index < -0.39 is 18.4 Å². The van der Waals surface area contributed by atoms with Gasteiger partial charge in [-0.2, -0.15) is 5.10 Å². The lowest BCUT2D eigenvalue weighted by atomic mass is 10.1. The van der Waals surface area contributed by atoms with E-state index in [2.05, 4.69) is 5.10 Å². The standard InChI is InChI=1S/C21H13ClFN3O3S2/c22-14-3-1-2-12(8-14)19-13(10-26(24-19)16-6-4-15(23)5-7-16)9-17-20(29)25(11-18(27)28)21(30)31-17/h1-10H,11H2,(H,27,28)/b17-9-. The summed E-state index contributed by atoms with van der Waals surface area (Å²) < 4.78 is 15.1. The van der Waals surface area contributed by atoms with Crippen molar-refractivity contribution in [1.29, 1.82) is 0 Å². The van der Waals surface area contributed by atoms with Gasteiger partial charge in [-0.1, -0.05) is 47.7 Å². The fourth-order valence-electron chi connectivity index (χ4n) is 2.99. The summed E-state index contributed by atoms with van der Waals surface area (Å²) >= 11 is 12.3. The van der Waals surface area contributed by atoms with E-state index in [9.17, 15) is 14.0 Å². The molecule has 10 heteroatoms. The summed E-state index contributed by atoms with van der Waals surface area (Å²) in [5, 5.41) is 14.1. The number of rotatable bonds is 5. The first kappa shape index (κ1) is 21.2. The highest BCUT2D eigenvalue weighted by Gasteiger charge is 2.33. The van der Waals surface area contributed by atoms with Crippen LogP contribution >= 0.6 is 35.6 Å². The van der Waals surface area contributed by atoms with Crippen molar-refractivity contribution in [3.8, 4) is 16.9 Å². The van der Waals surface area contributed by atoms with Crippen molar-refractivity contribution in [2.24, 2.45) is 0 Å². The maximum absolute atomic E-state index is 13.3. The third-order valence-electron chi connectivity index (χ3n) is 4.39. The zero-order valence-corrected chi connectivity index (χ0v) is 18.0. The quantitative estimate of drug-likeness (QED) is 0.430. The van der Waals surface area contributed by atoms with Gasteiger partial charge in [0.1, 0.15) is 22.4 Å². The number of thioether (sulfide) groups is 1. The number of thiocarbonyl (C=S) groups is 1. The van der Waals surface area contributed by atoms with Crippen molar-refractivity contribution in [2.45, 2.75) is 0 Å². The second-order valence-electron chi connectivity index (χ2n) is 6.53. The van der Waals surface area contributed by atoms with Crippen molar-refractivity contribution in [3.63, 3.8) is 0 Å². The molecule has 2 aromatic carbocycles. The van der Waals surface area contributed by atoms with E-state index in [1.165, 1.54) is 12.1 Å². The zero-order chi connectivity index (χ0) is 22.1. The maximum atomic E-state index is 13.3. The van der Waals surface area contributed by atoms with Gasteiger partial charge < -0.3 is 5.11 Å². The minimum atomic E-state index is -1.15. The number of aromatic nitrogens is 2. The van der Waals surface area contributed by atoms with Crippen LogP contribution in [0.4, 0.5) is 4.39 Å². The third kappa shape index (κ3) is 4.53. The first-order valence-corrected chi connectivity index (χ1v) is 10.5. The highest BCUT2D eigenvalue weighted by atomic mass is 35.5. The molecule has 0 atom stereocenters. The van der Waals surface area contributed by atoms with Crippen molar-refractivity contribution in [2.75, 3.05) is 6.54 Å². The first-order valence-electron chi connectivity index (χ1n) is 8.90. The van der Waals surface area contributed by atoms with Gasteiger partial charge in [-0.05, 0) is 42.5 Å². The molecule has 31 heavy (non-hydrogen) atoms. The van der Waals surface area contributed by atoms with Crippen molar-refractivity contribution in [1.82, 2.24) is 14.7 Å². The van der Waals surface area contributed by atoms with Crippen LogP contribution in [-0.2, 0) is 9.59 Å². The molecule has 2 heterocycles. The molecule has 0 aliphatic carbocycles. The molecule has 0 unspecified atom stereocenters. The van der Waals surface area contributed by atoms with E-state index >= 15 is 0 Å². The first-order chi connectivity index (χ1) is 14.8. The van der Waals surface area contributed by atoms with Crippen LogP contribution in [-0.4, -0.2) is 42.5 Å². The highest BCUT2D eigenvalue weighted by molar-refractivity contribution is 8.26. The Labute approximate surface area is 190 Å². The number of amides is 1. The van der Waals surface area contributed by atoms with Crippen LogP contribution in [0, 0.1) is 5.82 Å². The Morgan fingerprint density at radius 2 is 2.00 bits per heavy atom. The van der Waals surface area contributed by atoms with Gasteiger partial charge >= 0.3 is 5.97 Å². The minimum absolute atomic E-state index is 0.175. The van der Waals surface area contributed by atoms with Crippen LogP contribution in [0.3, 0.4) is 0 Å². The van der Waals surface area contributed by atoms with E-state index in [1.807, 2.05) is 6.07 Å². The molecule has 1 aromatic heterocycles. The molecule has 1 fully saturated rings. The number of carbonyl (C=O) groups is 2. The largest absolute Gasteiger partial charge is 0.480 e. The van der Waals surface area contributed by atoms with Gasteiger partial charge in [-0.15, -0.1) is 0 Å². The van der Waals surface area contributed by atoms with Crippen molar-refractivity contribution >= 4 is 57.9 Å². The predicted molar refractivity (Wildman–Crippen MR) is 121 cm³/mol. The van der Waals surface area contributed by atoms with Gasteiger partial charge in [0.05, 0.1) is 10.6 Å². The zero-order valence-electron chi connectivity index (χ0n) is 15.7. The summed E-state index contributed by atoms with van der Waals surface area (Å²) in [5.41, 5.74) is 2.50. The summed E-state index contributed by atoms with van der Waals surface area (Å²) in [4.78, 5) is 25.0. The molecule has 3 aromatic rings. The molecule has 0 bridgehead atoms. The number of aliphatic carboxylic acids is 1. The lowest BCUT2D eigenvalue weighted by Gasteiger charge is -2.10. The van der Waals surface area contributed by atoms with Crippen LogP contribution in [0.5, 0.6) is 0 Å². The van der Waals surface area contributed by atoms with E-state index in [0.29, 0.717) is 22.0 Å². The third-order valence-corrected chi connectivity index (χ3v) is 6.00. The number of hydrogen-bond acceptors (Lipinski definition) is 5. The van der Waals surface area contributed by atoms with E-state index in [1.54, 1.807) is 47.3 Å². The fourth-order valence-corrected chi connectivity index (χ4v) is 4.43. The lowest BCUT2D eigenvalue weighted by Crippen LogP contribution is -2.33. The topological polar surface area (TPSA) is 75.4 Å². The van der Waals surface area contributed by atoms with Gasteiger partial charge in [-0.3, -0.25) is 14.5 Å². The van der Waals surface area contributed by atoms with Crippen LogP contribution in [0.25, 0.3) is 23.0 Å². The van der Waals surface area contributed by atoms with Crippen molar-refractivity contribution < 1.29 is 19.1 Å². The SMILES string of the molecule is O=C(O)CN1C(=O)/C(=C/c2cn(-c3ccc(F)cc3)nc2-c2cccc(Cl)c2)SC1=S. The summed E-state index contributed by atoms with van der Waals surface area (Å²) in [6, 6.07) is 12.9. The lowest BCUT2D eigenvalue weighted by molar-refractivity contribution is -0.140. The fraction of sp³-hybridized carbons (Fsp3) is 0.0476. The smallest absolute Gasteiger partial charge is 0.323 e. The van der Waals surface area contributed by atoms with Gasteiger partial charge in [0.15, 0.2) is 0 Å². The molecule has 1 aliphatic heterocycles. The van der Waals surface area contributed by atoms with Gasteiger partial charge in [0.25, 0.3) is 5.91 Å². The van der Waals surface area contributed by atoms with E-state index in [4.69, 9.17) is 28.9 Å². The monoisotopic (exact) mass is 473 g/mol. The number of carboxylic acid groups (broad SMARTS) is 1. The summed E-state index contributed by atoms with van der Waals surface area (Å²) in [5.74, 6) is -2.00. The number of carbonyl (C=O) groups excluding carboxylic acids is 1. The average Bonchev–Trinajstić information content (AvgIpc) is 3.25. The molecule has 0 saturated carbocycles. The van der Waals surface area contributed by atoms with Gasteiger partial charge in [0, 0.05) is 22.3 Å². The molecule has 1 saturated heterocycles. The molecule has 4 rings (SSSR count). The molecule has 0 radical (unpaired) electrons. The Kier molecular flexibility index (Phi) is 5.90. The van der Waals surface area contributed by atoms with Crippen LogP contribution < -0.4 is 0 Å². The Bertz CT molecular complexity index is 1240. The second-order valence-corrected chi connectivity index (χ2v) is 8.64. The Morgan fingerprint density at radius 1 is 1.26 bits per heavy atom. The molecule has 6 nitrogen and oxygen atoms in total. The molecule has 156 valence electrons. The van der Waals surface area contributed by atoms with Crippen LogP contribution in [0.2, 0.25) is 5.02 Å². The number of benzene rings is 2. The number of hydrogen-bond donors (Lipinski definition) is 1. The summed E-state index contributed by atoms with van der Waals surface area (Å²) in [6.45, 7) is -0.502. The Balaban J connectivity index is 1.80.